The number of ether oxygens (including phenoxy) is 1. The molecular weight excluding hydrogens is 147 g/mol. The van der Waals surface area contributed by atoms with Crippen LogP contribution in [0, 0.1) is 0 Å². The van der Waals surface area contributed by atoms with Gasteiger partial charge in [-0.15, -0.1) is 6.58 Å². The highest BCUT2D eigenvalue weighted by Gasteiger charge is 2.19. The van der Waals surface area contributed by atoms with Gasteiger partial charge in [-0.25, -0.2) is 0 Å². The van der Waals surface area contributed by atoms with Crippen molar-refractivity contribution in [3.05, 3.63) is 24.5 Å². The molecule has 0 aliphatic heterocycles. The summed E-state index contributed by atoms with van der Waals surface area (Å²) in [7, 11) is 3.93. The van der Waals surface area contributed by atoms with E-state index >= 15 is 0 Å². The lowest BCUT2D eigenvalue weighted by Crippen LogP contribution is -2.02. The van der Waals surface area contributed by atoms with E-state index in [1.54, 1.807) is 7.11 Å². The van der Waals surface area contributed by atoms with Crippen LogP contribution in [0.1, 0.15) is 19.3 Å². The van der Waals surface area contributed by atoms with Crippen molar-refractivity contribution < 1.29 is 4.74 Å². The van der Waals surface area contributed by atoms with Gasteiger partial charge in [-0.2, -0.15) is 0 Å². The van der Waals surface area contributed by atoms with Gasteiger partial charge in [-0.05, 0) is 25.0 Å². The lowest BCUT2D eigenvalue weighted by Gasteiger charge is -2.09. The zero-order valence-electron chi connectivity index (χ0n) is 7.81. The van der Waals surface area contributed by atoms with E-state index in [0.29, 0.717) is 5.82 Å². The van der Waals surface area contributed by atoms with Crippen LogP contribution >= 0.6 is 0 Å². The van der Waals surface area contributed by atoms with Crippen molar-refractivity contribution in [3.63, 3.8) is 0 Å². The molecule has 12 heavy (non-hydrogen) atoms. The molecule has 0 N–H and O–H groups in total. The second-order valence-electron chi connectivity index (χ2n) is 3.34. The molecule has 0 aromatic heterocycles. The van der Waals surface area contributed by atoms with Crippen molar-refractivity contribution >= 4 is 7.28 Å². The fourth-order valence-electron chi connectivity index (χ4n) is 1.58. The highest BCUT2D eigenvalue weighted by Crippen LogP contribution is 2.34. The van der Waals surface area contributed by atoms with E-state index in [0.717, 1.165) is 12.1 Å². The monoisotopic (exact) mass is 163 g/mol. The molecule has 65 valence electrons. The third-order valence-corrected chi connectivity index (χ3v) is 2.46. The Hall–Kier alpha value is -0.655. The van der Waals surface area contributed by atoms with Gasteiger partial charge in [0, 0.05) is 0 Å². The summed E-state index contributed by atoms with van der Waals surface area (Å²) in [6.07, 6.45) is 4.61. The summed E-state index contributed by atoms with van der Waals surface area (Å²) in [5.74, 6) is 1.45. The Morgan fingerprint density at radius 2 is 2.50 bits per heavy atom. The maximum atomic E-state index is 4.99. The first-order valence-corrected chi connectivity index (χ1v) is 4.47. The number of allylic oxidation sites excluding steroid dienone is 2. The van der Waals surface area contributed by atoms with E-state index in [-0.39, 0.29) is 0 Å². The summed E-state index contributed by atoms with van der Waals surface area (Å²) in [6.45, 7) is 7.81. The molecule has 0 aromatic rings. The SMILES string of the molecule is C=C(C[B]C1CCCC1=C)OC. The quantitative estimate of drug-likeness (QED) is 0.351. The van der Waals surface area contributed by atoms with Crippen LogP contribution in [0.2, 0.25) is 12.1 Å². The first-order valence-electron chi connectivity index (χ1n) is 4.47. The molecule has 0 spiro atoms. The van der Waals surface area contributed by atoms with Crippen LogP contribution in [0.5, 0.6) is 0 Å². The second kappa shape index (κ2) is 4.39. The predicted octanol–water partition coefficient (Wildman–Crippen LogP) is 2.80. The molecule has 0 amide bonds. The molecule has 0 aromatic carbocycles. The highest BCUT2D eigenvalue weighted by atomic mass is 16.5. The Kier molecular flexibility index (Phi) is 3.45. The summed E-state index contributed by atoms with van der Waals surface area (Å²) in [4.78, 5) is 0. The van der Waals surface area contributed by atoms with Gasteiger partial charge < -0.3 is 4.74 Å². The number of hydrogen-bond donors (Lipinski definition) is 0. The largest absolute Gasteiger partial charge is 0.502 e. The maximum Gasteiger partial charge on any atom is 0.128 e. The average molecular weight is 163 g/mol. The van der Waals surface area contributed by atoms with Gasteiger partial charge in [0.05, 0.1) is 12.9 Å². The fraction of sp³-hybridized carbons (Fsp3) is 0.600. The van der Waals surface area contributed by atoms with Crippen molar-refractivity contribution in [1.29, 1.82) is 0 Å². The Morgan fingerprint density at radius 3 is 3.00 bits per heavy atom. The van der Waals surface area contributed by atoms with Crippen molar-refractivity contribution in [3.8, 4) is 0 Å². The molecule has 0 bridgehead atoms. The minimum Gasteiger partial charge on any atom is -0.502 e. The summed E-state index contributed by atoms with van der Waals surface area (Å²) < 4.78 is 4.99. The van der Waals surface area contributed by atoms with Gasteiger partial charge in [0.25, 0.3) is 0 Å². The van der Waals surface area contributed by atoms with Gasteiger partial charge >= 0.3 is 0 Å². The zero-order chi connectivity index (χ0) is 8.97. The Morgan fingerprint density at radius 1 is 1.75 bits per heavy atom. The van der Waals surface area contributed by atoms with Crippen LogP contribution in [0.25, 0.3) is 0 Å². The fourth-order valence-corrected chi connectivity index (χ4v) is 1.58. The molecule has 1 aliphatic rings. The van der Waals surface area contributed by atoms with E-state index in [4.69, 9.17) is 4.74 Å². The number of rotatable bonds is 4. The van der Waals surface area contributed by atoms with Crippen molar-refractivity contribution in [1.82, 2.24) is 0 Å². The lowest BCUT2D eigenvalue weighted by molar-refractivity contribution is 0.295. The molecule has 1 saturated carbocycles. The van der Waals surface area contributed by atoms with Gasteiger partial charge in [-0.3, -0.25) is 0 Å². The van der Waals surface area contributed by atoms with Gasteiger partial charge in [0.15, 0.2) is 0 Å². The van der Waals surface area contributed by atoms with Crippen molar-refractivity contribution in [2.75, 3.05) is 7.11 Å². The molecule has 1 rings (SSSR count). The third kappa shape index (κ3) is 2.44. The molecule has 1 nitrogen and oxygen atoms in total. The standard InChI is InChI=1S/C10H16BO/c1-8-5-4-6-10(8)11-7-9(2)12-3/h10H,1-2,4-7H2,3H3. The molecule has 0 heterocycles. The van der Waals surface area contributed by atoms with Crippen LogP contribution in [0.3, 0.4) is 0 Å². The first kappa shape index (κ1) is 9.43. The maximum absolute atomic E-state index is 4.99. The van der Waals surface area contributed by atoms with Crippen molar-refractivity contribution in [2.24, 2.45) is 0 Å². The topological polar surface area (TPSA) is 9.23 Å². The minimum atomic E-state index is 0.608. The number of methoxy groups -OCH3 is 1. The van der Waals surface area contributed by atoms with E-state index < -0.39 is 0 Å². The molecular formula is C10H16BO. The van der Waals surface area contributed by atoms with Gasteiger partial charge in [0.1, 0.15) is 7.28 Å². The van der Waals surface area contributed by atoms with Crippen LogP contribution in [0.15, 0.2) is 24.5 Å². The predicted molar refractivity (Wildman–Crippen MR) is 53.5 cm³/mol. The molecule has 2 heteroatoms. The molecule has 1 unspecified atom stereocenters. The Labute approximate surface area is 75.7 Å². The summed E-state index contributed by atoms with van der Waals surface area (Å²) in [5, 5.41) is 0. The van der Waals surface area contributed by atoms with Gasteiger partial charge in [-0.1, -0.05) is 18.6 Å². The first-order chi connectivity index (χ1) is 5.74. The molecule has 0 saturated heterocycles. The average Bonchev–Trinajstić information content (AvgIpc) is 2.47. The smallest absolute Gasteiger partial charge is 0.128 e. The highest BCUT2D eigenvalue weighted by molar-refractivity contribution is 6.39. The molecule has 1 atom stereocenters. The summed E-state index contributed by atoms with van der Waals surface area (Å²) in [6, 6.07) is 0. The van der Waals surface area contributed by atoms with Crippen molar-refractivity contribution in [2.45, 2.75) is 31.4 Å². The third-order valence-electron chi connectivity index (χ3n) is 2.46. The zero-order valence-corrected chi connectivity index (χ0v) is 7.81. The second-order valence-corrected chi connectivity index (χ2v) is 3.34. The van der Waals surface area contributed by atoms with E-state index in [1.165, 1.54) is 24.8 Å². The van der Waals surface area contributed by atoms with Crippen LogP contribution in [0.4, 0.5) is 0 Å². The van der Waals surface area contributed by atoms with Gasteiger partial charge in [0.2, 0.25) is 0 Å². The Balaban J connectivity index is 2.22. The lowest BCUT2D eigenvalue weighted by atomic mass is 9.59. The van der Waals surface area contributed by atoms with Crippen LogP contribution in [-0.4, -0.2) is 14.4 Å². The van der Waals surface area contributed by atoms with E-state index in [1.807, 2.05) is 0 Å². The Bertz CT molecular complexity index is 186. The molecule has 1 fully saturated rings. The van der Waals surface area contributed by atoms with E-state index in [2.05, 4.69) is 20.4 Å². The number of hydrogen-bond acceptors (Lipinski definition) is 1. The minimum absolute atomic E-state index is 0.608. The molecule has 1 radical (unpaired) electrons. The summed E-state index contributed by atoms with van der Waals surface area (Å²) in [5.41, 5.74) is 1.37. The summed E-state index contributed by atoms with van der Waals surface area (Å²) >= 11 is 0. The van der Waals surface area contributed by atoms with Crippen LogP contribution in [-0.2, 0) is 4.74 Å². The van der Waals surface area contributed by atoms with Crippen LogP contribution < -0.4 is 0 Å². The normalized spacial score (nSPS) is 22.4. The van der Waals surface area contributed by atoms with E-state index in [9.17, 15) is 0 Å². The molecule has 1 aliphatic carbocycles.